The smallest absolute Gasteiger partial charge is 0.150 e. The molecule has 0 aliphatic rings. The van der Waals surface area contributed by atoms with Crippen molar-refractivity contribution in [2.24, 2.45) is 4.99 Å². The highest BCUT2D eigenvalue weighted by atomic mass is 15.1. The molecule has 3 heteroatoms. The van der Waals surface area contributed by atoms with Crippen molar-refractivity contribution >= 4 is 6.21 Å². The predicted octanol–water partition coefficient (Wildman–Crippen LogP) is 3.86. The summed E-state index contributed by atoms with van der Waals surface area (Å²) in [5, 5.41) is 0. The zero-order valence-electron chi connectivity index (χ0n) is 11.7. The normalized spacial score (nSPS) is 12.9. The molecular weight excluding hydrogens is 234 g/mol. The van der Waals surface area contributed by atoms with Crippen molar-refractivity contribution < 1.29 is 0 Å². The zero-order chi connectivity index (χ0) is 13.5. The van der Waals surface area contributed by atoms with Crippen molar-refractivity contribution in [3.63, 3.8) is 0 Å². The lowest BCUT2D eigenvalue weighted by atomic mass is 10.1. The Morgan fingerprint density at radius 1 is 1.32 bits per heavy atom. The Morgan fingerprint density at radius 2 is 2.11 bits per heavy atom. The van der Waals surface area contributed by atoms with E-state index in [-0.39, 0.29) is 6.04 Å². The Morgan fingerprint density at radius 3 is 2.84 bits per heavy atom. The van der Waals surface area contributed by atoms with Crippen LogP contribution in [-0.4, -0.2) is 15.8 Å². The molecule has 0 amide bonds. The minimum Gasteiger partial charge on any atom is -0.330 e. The molecule has 19 heavy (non-hydrogen) atoms. The molecule has 0 fully saturated rings. The largest absolute Gasteiger partial charge is 0.330 e. The highest BCUT2D eigenvalue weighted by Gasteiger charge is 2.03. The van der Waals surface area contributed by atoms with E-state index in [1.165, 1.54) is 18.4 Å². The number of aliphatic imine (C=N–C) groups is 1. The molecule has 2 rings (SSSR count). The Bertz CT molecular complexity index is 514. The van der Waals surface area contributed by atoms with E-state index >= 15 is 0 Å². The predicted molar refractivity (Wildman–Crippen MR) is 79.6 cm³/mol. The zero-order valence-corrected chi connectivity index (χ0v) is 11.7. The van der Waals surface area contributed by atoms with Crippen LogP contribution in [0, 0.1) is 0 Å². The molecule has 0 aliphatic heterocycles. The first-order valence-electron chi connectivity index (χ1n) is 6.90. The topological polar surface area (TPSA) is 30.2 Å². The van der Waals surface area contributed by atoms with E-state index in [1.54, 1.807) is 0 Å². The summed E-state index contributed by atoms with van der Waals surface area (Å²) in [5.74, 6) is 0.941. The highest BCUT2D eigenvalue weighted by Crippen LogP contribution is 2.15. The minimum atomic E-state index is 0.164. The molecule has 1 heterocycles. The average Bonchev–Trinajstić information content (AvgIpc) is 2.91. The molecular formula is C16H21N3. The van der Waals surface area contributed by atoms with Gasteiger partial charge in [-0.25, -0.2) is 4.98 Å². The molecule has 1 atom stereocenters. The third kappa shape index (κ3) is 3.78. The number of benzene rings is 1. The van der Waals surface area contributed by atoms with Crippen molar-refractivity contribution in [2.45, 2.75) is 39.3 Å². The maximum Gasteiger partial charge on any atom is 0.150 e. The van der Waals surface area contributed by atoms with Gasteiger partial charge in [0, 0.05) is 18.9 Å². The van der Waals surface area contributed by atoms with E-state index in [4.69, 9.17) is 0 Å². The van der Waals surface area contributed by atoms with Gasteiger partial charge in [-0.2, -0.15) is 0 Å². The second-order valence-corrected chi connectivity index (χ2v) is 4.70. The van der Waals surface area contributed by atoms with Gasteiger partial charge in [0.05, 0.1) is 12.3 Å². The monoisotopic (exact) mass is 255 g/mol. The third-order valence-corrected chi connectivity index (χ3v) is 3.20. The minimum absolute atomic E-state index is 0.164. The summed E-state index contributed by atoms with van der Waals surface area (Å²) >= 11 is 0. The van der Waals surface area contributed by atoms with Crippen LogP contribution < -0.4 is 0 Å². The molecule has 0 N–H and O–H groups in total. The van der Waals surface area contributed by atoms with E-state index in [1.807, 2.05) is 36.8 Å². The maximum absolute atomic E-state index is 4.60. The van der Waals surface area contributed by atoms with Gasteiger partial charge in [0.2, 0.25) is 0 Å². The van der Waals surface area contributed by atoms with Gasteiger partial charge in [0.15, 0.2) is 5.82 Å². The molecule has 0 unspecified atom stereocenters. The molecule has 0 spiro atoms. The van der Waals surface area contributed by atoms with E-state index in [0.717, 1.165) is 12.4 Å². The molecule has 0 bridgehead atoms. The Hall–Kier alpha value is -1.90. The van der Waals surface area contributed by atoms with Gasteiger partial charge in [-0.1, -0.05) is 43.7 Å². The lowest BCUT2D eigenvalue weighted by Crippen LogP contribution is -2.03. The Labute approximate surface area is 115 Å². The SMILES string of the molecule is CCCCn1ccnc1C=N[C@H](C)c1ccccc1. The Kier molecular flexibility index (Phi) is 4.90. The maximum atomic E-state index is 4.60. The molecule has 1 aromatic heterocycles. The molecule has 100 valence electrons. The quantitative estimate of drug-likeness (QED) is 0.721. The Balaban J connectivity index is 2.04. The highest BCUT2D eigenvalue weighted by molar-refractivity contribution is 5.75. The first-order valence-corrected chi connectivity index (χ1v) is 6.90. The fraction of sp³-hybridized carbons (Fsp3) is 0.375. The molecule has 1 aromatic carbocycles. The molecule has 0 aliphatic carbocycles. The van der Waals surface area contributed by atoms with Crippen molar-refractivity contribution in [3.05, 3.63) is 54.1 Å². The second-order valence-electron chi connectivity index (χ2n) is 4.70. The molecule has 3 nitrogen and oxygen atoms in total. The number of unbranched alkanes of at least 4 members (excludes halogenated alkanes) is 1. The first kappa shape index (κ1) is 13.5. The standard InChI is InChI=1S/C16H21N3/c1-3-4-11-19-12-10-17-16(19)13-18-14(2)15-8-6-5-7-9-15/h5-10,12-14H,3-4,11H2,1-2H3/t14-/m1/s1. The van der Waals surface area contributed by atoms with E-state index in [9.17, 15) is 0 Å². The van der Waals surface area contributed by atoms with Gasteiger partial charge in [-0.3, -0.25) is 4.99 Å². The van der Waals surface area contributed by atoms with Gasteiger partial charge >= 0.3 is 0 Å². The first-order chi connectivity index (χ1) is 9.31. The molecule has 0 radical (unpaired) electrons. The third-order valence-electron chi connectivity index (χ3n) is 3.20. The summed E-state index contributed by atoms with van der Waals surface area (Å²) in [7, 11) is 0. The number of imidazole rings is 1. The van der Waals surface area contributed by atoms with Gasteiger partial charge in [0.1, 0.15) is 0 Å². The van der Waals surface area contributed by atoms with Crippen LogP contribution in [-0.2, 0) is 6.54 Å². The van der Waals surface area contributed by atoms with Crippen LogP contribution in [0.4, 0.5) is 0 Å². The summed E-state index contributed by atoms with van der Waals surface area (Å²) in [6, 6.07) is 10.5. The lowest BCUT2D eigenvalue weighted by Gasteiger charge is -2.06. The molecule has 0 saturated carbocycles. The van der Waals surface area contributed by atoms with Crippen LogP contribution >= 0.6 is 0 Å². The number of aromatic nitrogens is 2. The second kappa shape index (κ2) is 6.88. The summed E-state index contributed by atoms with van der Waals surface area (Å²) in [5.41, 5.74) is 1.23. The summed E-state index contributed by atoms with van der Waals surface area (Å²) in [4.78, 5) is 8.95. The summed E-state index contributed by atoms with van der Waals surface area (Å²) < 4.78 is 2.16. The van der Waals surface area contributed by atoms with Crippen molar-refractivity contribution in [1.82, 2.24) is 9.55 Å². The van der Waals surface area contributed by atoms with Crippen molar-refractivity contribution in [2.75, 3.05) is 0 Å². The van der Waals surface area contributed by atoms with Gasteiger partial charge in [-0.05, 0) is 18.9 Å². The van der Waals surface area contributed by atoms with Crippen LogP contribution in [0.5, 0.6) is 0 Å². The van der Waals surface area contributed by atoms with Crippen LogP contribution in [0.2, 0.25) is 0 Å². The van der Waals surface area contributed by atoms with E-state index in [2.05, 4.69) is 40.5 Å². The average molecular weight is 255 g/mol. The fourth-order valence-electron chi connectivity index (χ4n) is 1.96. The van der Waals surface area contributed by atoms with Crippen LogP contribution in [0.3, 0.4) is 0 Å². The number of hydrogen-bond donors (Lipinski definition) is 0. The van der Waals surface area contributed by atoms with Gasteiger partial charge in [0.25, 0.3) is 0 Å². The summed E-state index contributed by atoms with van der Waals surface area (Å²) in [6.07, 6.45) is 8.10. The van der Waals surface area contributed by atoms with Crippen molar-refractivity contribution in [1.29, 1.82) is 0 Å². The van der Waals surface area contributed by atoms with Crippen molar-refractivity contribution in [3.8, 4) is 0 Å². The molecule has 2 aromatic rings. The van der Waals surface area contributed by atoms with E-state index in [0.29, 0.717) is 0 Å². The number of nitrogens with zero attached hydrogens (tertiary/aromatic N) is 3. The number of rotatable bonds is 6. The number of aryl methyl sites for hydroxylation is 1. The van der Waals surface area contributed by atoms with E-state index < -0.39 is 0 Å². The fourth-order valence-corrected chi connectivity index (χ4v) is 1.96. The lowest BCUT2D eigenvalue weighted by molar-refractivity contribution is 0.628. The van der Waals surface area contributed by atoms with Gasteiger partial charge in [-0.15, -0.1) is 0 Å². The summed E-state index contributed by atoms with van der Waals surface area (Å²) in [6.45, 7) is 5.31. The number of hydrogen-bond acceptors (Lipinski definition) is 2. The van der Waals surface area contributed by atoms with Crippen LogP contribution in [0.15, 0.2) is 47.7 Å². The molecule has 0 saturated heterocycles. The van der Waals surface area contributed by atoms with Gasteiger partial charge < -0.3 is 4.57 Å². The van der Waals surface area contributed by atoms with Crippen LogP contribution in [0.1, 0.15) is 44.1 Å². The van der Waals surface area contributed by atoms with Crippen LogP contribution in [0.25, 0.3) is 0 Å².